The number of hydrogen-bond acceptors (Lipinski definition) is 5. The van der Waals surface area contributed by atoms with Crippen molar-refractivity contribution >= 4 is 27.6 Å². The van der Waals surface area contributed by atoms with E-state index in [-0.39, 0.29) is 4.90 Å². The van der Waals surface area contributed by atoms with Gasteiger partial charge in [0.25, 0.3) is 5.91 Å². The van der Waals surface area contributed by atoms with E-state index >= 15 is 0 Å². The number of nitrogens with zero attached hydrogens (tertiary/aromatic N) is 2. The molecule has 0 saturated heterocycles. The lowest BCUT2D eigenvalue weighted by atomic mass is 10.2. The Hall–Kier alpha value is -2.65. The first-order valence-corrected chi connectivity index (χ1v) is 9.64. The number of ether oxygens (including phenoxy) is 1. The molecule has 9 heteroatoms. The summed E-state index contributed by atoms with van der Waals surface area (Å²) in [7, 11) is 0.922. The Kier molecular flexibility index (Phi) is 6.07. The van der Waals surface area contributed by atoms with Crippen LogP contribution in [-0.4, -0.2) is 49.4 Å². The van der Waals surface area contributed by atoms with Crippen molar-refractivity contribution < 1.29 is 22.7 Å². The number of sulfonamides is 1. The van der Waals surface area contributed by atoms with E-state index in [4.69, 9.17) is 4.74 Å². The van der Waals surface area contributed by atoms with Crippen molar-refractivity contribution in [2.24, 2.45) is 7.05 Å². The van der Waals surface area contributed by atoms with E-state index in [9.17, 15) is 18.0 Å². The lowest BCUT2D eigenvalue weighted by Crippen LogP contribution is -2.31. The van der Waals surface area contributed by atoms with Crippen LogP contribution in [0.5, 0.6) is 0 Å². The van der Waals surface area contributed by atoms with Crippen LogP contribution >= 0.6 is 0 Å². The van der Waals surface area contributed by atoms with E-state index in [0.717, 1.165) is 4.31 Å². The van der Waals surface area contributed by atoms with Gasteiger partial charge in [-0.25, -0.2) is 17.5 Å². The number of nitrogens with one attached hydrogen (secondary N) is 1. The summed E-state index contributed by atoms with van der Waals surface area (Å²) in [4.78, 5) is 24.6. The third kappa shape index (κ3) is 4.55. The summed E-state index contributed by atoms with van der Waals surface area (Å²) in [6.45, 7) is 3.19. The highest BCUT2D eigenvalue weighted by Crippen LogP contribution is 2.22. The molecule has 0 bridgehead atoms. The number of aromatic nitrogens is 1. The molecule has 1 atom stereocenters. The molecule has 0 spiro atoms. The first-order valence-electron chi connectivity index (χ1n) is 8.20. The molecule has 2 rings (SSSR count). The number of aryl methyl sites for hydroxylation is 2. The number of hydrogen-bond donors (Lipinski definition) is 1. The third-order valence-electron chi connectivity index (χ3n) is 4.05. The van der Waals surface area contributed by atoms with Crippen molar-refractivity contribution in [3.05, 3.63) is 47.8 Å². The van der Waals surface area contributed by atoms with Crippen molar-refractivity contribution in [2.75, 3.05) is 19.4 Å². The van der Waals surface area contributed by atoms with Crippen LogP contribution in [0.1, 0.15) is 23.0 Å². The van der Waals surface area contributed by atoms with E-state index < -0.39 is 28.0 Å². The minimum absolute atomic E-state index is 0.0573. The van der Waals surface area contributed by atoms with Crippen molar-refractivity contribution in [2.45, 2.75) is 24.8 Å². The average Bonchev–Trinajstić information content (AvgIpc) is 3.02. The first kappa shape index (κ1) is 20.7. The zero-order chi connectivity index (χ0) is 20.4. The quantitative estimate of drug-likeness (QED) is 0.755. The second-order valence-corrected chi connectivity index (χ2v) is 8.46. The van der Waals surface area contributed by atoms with Gasteiger partial charge in [0.1, 0.15) is 5.69 Å². The van der Waals surface area contributed by atoms with Gasteiger partial charge in [-0.15, -0.1) is 0 Å². The van der Waals surface area contributed by atoms with Gasteiger partial charge in [0.2, 0.25) is 10.0 Å². The van der Waals surface area contributed by atoms with Crippen LogP contribution in [0, 0.1) is 6.92 Å². The summed E-state index contributed by atoms with van der Waals surface area (Å²) >= 11 is 0. The summed E-state index contributed by atoms with van der Waals surface area (Å²) in [6.07, 6.45) is 0.641. The summed E-state index contributed by atoms with van der Waals surface area (Å²) in [5.41, 5.74) is 1.34. The molecule has 146 valence electrons. The summed E-state index contributed by atoms with van der Waals surface area (Å²) in [6, 6.07) is 7.74. The fourth-order valence-electron chi connectivity index (χ4n) is 2.29. The number of carbonyl (C=O) groups excluding carboxylic acids is 2. The third-order valence-corrected chi connectivity index (χ3v) is 5.86. The number of rotatable bonds is 6. The molecular formula is C18H23N3O5S. The molecule has 1 amide bonds. The van der Waals surface area contributed by atoms with Gasteiger partial charge >= 0.3 is 5.97 Å². The van der Waals surface area contributed by atoms with Gasteiger partial charge in [0.05, 0.1) is 4.90 Å². The number of carbonyl (C=O) groups is 2. The van der Waals surface area contributed by atoms with E-state index in [1.807, 2.05) is 0 Å². The highest BCUT2D eigenvalue weighted by Gasteiger charge is 2.22. The van der Waals surface area contributed by atoms with Crippen molar-refractivity contribution in [1.29, 1.82) is 0 Å². The molecule has 27 heavy (non-hydrogen) atoms. The van der Waals surface area contributed by atoms with Gasteiger partial charge < -0.3 is 14.6 Å². The van der Waals surface area contributed by atoms with Gasteiger partial charge in [0.15, 0.2) is 6.10 Å². The Labute approximate surface area is 158 Å². The van der Waals surface area contributed by atoms with Gasteiger partial charge in [-0.05, 0) is 43.7 Å². The summed E-state index contributed by atoms with van der Waals surface area (Å²) in [5.74, 6) is -1.18. The van der Waals surface area contributed by atoms with Crippen LogP contribution in [-0.2, 0) is 26.6 Å². The van der Waals surface area contributed by atoms with Gasteiger partial charge in [-0.1, -0.05) is 6.07 Å². The zero-order valence-corrected chi connectivity index (χ0v) is 16.7. The molecule has 0 aliphatic heterocycles. The molecule has 2 aromatic rings. The van der Waals surface area contributed by atoms with Crippen LogP contribution in [0.2, 0.25) is 0 Å². The maximum Gasteiger partial charge on any atom is 0.355 e. The van der Waals surface area contributed by atoms with E-state index in [0.29, 0.717) is 16.9 Å². The average molecular weight is 393 g/mol. The van der Waals surface area contributed by atoms with E-state index in [1.165, 1.54) is 33.2 Å². The molecule has 1 heterocycles. The molecule has 0 aliphatic carbocycles. The molecule has 8 nitrogen and oxygen atoms in total. The Bertz CT molecular complexity index is 963. The number of esters is 1. The fourth-order valence-corrected chi connectivity index (χ4v) is 3.22. The number of anilines is 1. The van der Waals surface area contributed by atoms with E-state index in [2.05, 4.69) is 5.32 Å². The lowest BCUT2D eigenvalue weighted by Gasteiger charge is -2.17. The lowest BCUT2D eigenvalue weighted by molar-refractivity contribution is -0.123. The number of benzene rings is 1. The SMILES string of the molecule is Cc1ccc(S(=O)(=O)N(C)C)cc1NC(=O)[C@H](C)OC(=O)c1cccn1C. The normalized spacial score (nSPS) is 12.7. The molecule has 0 unspecified atom stereocenters. The topological polar surface area (TPSA) is 97.7 Å². The van der Waals surface area contributed by atoms with Gasteiger partial charge in [0, 0.05) is 33.0 Å². The maximum absolute atomic E-state index is 12.4. The molecule has 0 saturated carbocycles. The van der Waals surface area contributed by atoms with Crippen LogP contribution < -0.4 is 5.32 Å². The first-order chi connectivity index (χ1) is 12.5. The maximum atomic E-state index is 12.4. The van der Waals surface area contributed by atoms with Crippen LogP contribution in [0.3, 0.4) is 0 Å². The van der Waals surface area contributed by atoms with Crippen LogP contribution in [0.4, 0.5) is 5.69 Å². The predicted molar refractivity (Wildman–Crippen MR) is 101 cm³/mol. The van der Waals surface area contributed by atoms with Crippen LogP contribution in [0.25, 0.3) is 0 Å². The van der Waals surface area contributed by atoms with Gasteiger partial charge in [-0.3, -0.25) is 4.79 Å². The predicted octanol–water partition coefficient (Wildman–Crippen LogP) is 1.77. The van der Waals surface area contributed by atoms with Crippen molar-refractivity contribution in [3.63, 3.8) is 0 Å². The van der Waals surface area contributed by atoms with Gasteiger partial charge in [-0.2, -0.15) is 0 Å². The Balaban J connectivity index is 2.15. The second-order valence-electron chi connectivity index (χ2n) is 6.31. The highest BCUT2D eigenvalue weighted by molar-refractivity contribution is 7.89. The monoisotopic (exact) mass is 393 g/mol. The van der Waals surface area contributed by atoms with E-state index in [1.54, 1.807) is 42.9 Å². The molecule has 0 aliphatic rings. The fraction of sp³-hybridized carbons (Fsp3) is 0.333. The minimum atomic E-state index is -3.63. The molecule has 1 aromatic heterocycles. The van der Waals surface area contributed by atoms with Crippen molar-refractivity contribution in [1.82, 2.24) is 8.87 Å². The van der Waals surface area contributed by atoms with Crippen molar-refractivity contribution in [3.8, 4) is 0 Å². The molecule has 0 radical (unpaired) electrons. The summed E-state index contributed by atoms with van der Waals surface area (Å²) in [5, 5.41) is 2.62. The number of amides is 1. The molecule has 0 fully saturated rings. The minimum Gasteiger partial charge on any atom is -0.448 e. The van der Waals surface area contributed by atoms with Crippen LogP contribution in [0.15, 0.2) is 41.4 Å². The molecule has 1 aromatic carbocycles. The Morgan fingerprint density at radius 3 is 2.44 bits per heavy atom. The smallest absolute Gasteiger partial charge is 0.355 e. The summed E-state index contributed by atoms with van der Waals surface area (Å²) < 4.78 is 32.4. The standard InChI is InChI=1S/C18H23N3O5S/c1-12-8-9-14(27(24,25)20(3)4)11-15(12)19-17(22)13(2)26-18(23)16-7-6-10-21(16)5/h6-11,13H,1-5H3,(H,19,22)/t13-/m0/s1. The Morgan fingerprint density at radius 2 is 1.89 bits per heavy atom. The zero-order valence-electron chi connectivity index (χ0n) is 15.9. The molecular weight excluding hydrogens is 370 g/mol. The Morgan fingerprint density at radius 1 is 1.22 bits per heavy atom. The highest BCUT2D eigenvalue weighted by atomic mass is 32.2. The molecule has 1 N–H and O–H groups in total. The second kappa shape index (κ2) is 7.93. The largest absolute Gasteiger partial charge is 0.448 e.